The molecule has 206 valence electrons. The fourth-order valence-corrected chi connectivity index (χ4v) is 6.97. The van der Waals surface area contributed by atoms with E-state index in [0.29, 0.717) is 17.0 Å². The van der Waals surface area contributed by atoms with Gasteiger partial charge in [-0.25, -0.2) is 18.4 Å². The predicted octanol–water partition coefficient (Wildman–Crippen LogP) is 4.69. The summed E-state index contributed by atoms with van der Waals surface area (Å²) in [5.74, 6) is 0.0984. The predicted molar refractivity (Wildman–Crippen MR) is 152 cm³/mol. The van der Waals surface area contributed by atoms with Crippen molar-refractivity contribution in [2.75, 3.05) is 19.7 Å². The Morgan fingerprint density at radius 1 is 1.00 bits per heavy atom. The molecular weight excluding hydrogens is 526 g/mol. The van der Waals surface area contributed by atoms with E-state index < -0.39 is 15.8 Å². The number of imidazole rings is 1. The maximum atomic E-state index is 13.8. The molecule has 0 bridgehead atoms. The number of hydrogen-bond acceptors (Lipinski definition) is 7. The number of esters is 1. The van der Waals surface area contributed by atoms with E-state index in [-0.39, 0.29) is 34.5 Å². The van der Waals surface area contributed by atoms with Crippen molar-refractivity contribution < 1.29 is 17.9 Å². The molecule has 9 nitrogen and oxygen atoms in total. The van der Waals surface area contributed by atoms with Crippen LogP contribution in [0.1, 0.15) is 37.2 Å². The van der Waals surface area contributed by atoms with Gasteiger partial charge in [-0.05, 0) is 43.5 Å². The van der Waals surface area contributed by atoms with Gasteiger partial charge in [0, 0.05) is 37.3 Å². The summed E-state index contributed by atoms with van der Waals surface area (Å²) < 4.78 is 35.0. The largest absolute Gasteiger partial charge is 0.466 e. The van der Waals surface area contributed by atoms with Crippen LogP contribution >= 0.6 is 0 Å². The van der Waals surface area contributed by atoms with Gasteiger partial charge in [0.15, 0.2) is 5.03 Å². The van der Waals surface area contributed by atoms with Crippen LogP contribution in [0.5, 0.6) is 0 Å². The maximum absolute atomic E-state index is 13.8. The summed E-state index contributed by atoms with van der Waals surface area (Å²) >= 11 is 0. The lowest BCUT2D eigenvalue weighted by Crippen LogP contribution is -2.34. The number of rotatable bonds is 8. The van der Waals surface area contributed by atoms with Crippen LogP contribution in [0.2, 0.25) is 0 Å². The molecule has 0 atom stereocenters. The van der Waals surface area contributed by atoms with Crippen LogP contribution in [-0.2, 0) is 32.3 Å². The number of nitrogens with one attached hydrogen (secondary N) is 1. The fourth-order valence-electron chi connectivity index (χ4n) is 5.62. The molecule has 4 heterocycles. The summed E-state index contributed by atoms with van der Waals surface area (Å²) in [5.41, 5.74) is 2.70. The van der Waals surface area contributed by atoms with Crippen LogP contribution in [-0.4, -0.2) is 58.5 Å². The number of piperidine rings is 1. The van der Waals surface area contributed by atoms with Crippen molar-refractivity contribution in [1.29, 1.82) is 0 Å². The van der Waals surface area contributed by atoms with Crippen LogP contribution < -0.4 is 0 Å². The van der Waals surface area contributed by atoms with Gasteiger partial charge >= 0.3 is 5.97 Å². The van der Waals surface area contributed by atoms with Crippen molar-refractivity contribution in [3.05, 3.63) is 84.3 Å². The Labute approximate surface area is 232 Å². The molecule has 0 saturated carbocycles. The number of hydrogen-bond donors (Lipinski definition) is 1. The quantitative estimate of drug-likeness (QED) is 0.276. The molecule has 0 aliphatic carbocycles. The van der Waals surface area contributed by atoms with Crippen molar-refractivity contribution in [2.24, 2.45) is 0 Å². The van der Waals surface area contributed by atoms with Crippen LogP contribution in [0.15, 0.2) is 82.8 Å². The number of H-pyrrole nitrogens is 1. The summed E-state index contributed by atoms with van der Waals surface area (Å²) in [6.45, 7) is 4.64. The first kappa shape index (κ1) is 26.2. The summed E-state index contributed by atoms with van der Waals surface area (Å²) in [7, 11) is -3.98. The van der Waals surface area contributed by atoms with E-state index >= 15 is 0 Å². The van der Waals surface area contributed by atoms with E-state index in [1.165, 1.54) is 5.56 Å². The molecule has 2 aromatic carbocycles. The molecule has 40 heavy (non-hydrogen) atoms. The summed E-state index contributed by atoms with van der Waals surface area (Å²) in [5, 5.41) is 0.658. The monoisotopic (exact) mass is 557 g/mol. The molecule has 6 rings (SSSR count). The summed E-state index contributed by atoms with van der Waals surface area (Å²) in [4.78, 5) is 27.7. The highest BCUT2D eigenvalue weighted by Crippen LogP contribution is 2.36. The van der Waals surface area contributed by atoms with Gasteiger partial charge < -0.3 is 14.3 Å². The van der Waals surface area contributed by atoms with Crippen molar-refractivity contribution in [3.63, 3.8) is 0 Å². The van der Waals surface area contributed by atoms with E-state index in [1.807, 2.05) is 12.1 Å². The van der Waals surface area contributed by atoms with Gasteiger partial charge in [0.05, 0.1) is 17.0 Å². The molecule has 0 amide bonds. The highest BCUT2D eigenvalue weighted by molar-refractivity contribution is 7.91. The van der Waals surface area contributed by atoms with E-state index in [9.17, 15) is 13.2 Å². The third-order valence-corrected chi connectivity index (χ3v) is 9.15. The smallest absolute Gasteiger partial charge is 0.313 e. The molecule has 1 N–H and O–H groups in total. The summed E-state index contributed by atoms with van der Waals surface area (Å²) in [6.07, 6.45) is 3.37. The van der Waals surface area contributed by atoms with Gasteiger partial charge in [-0.1, -0.05) is 48.5 Å². The first-order valence-electron chi connectivity index (χ1n) is 13.6. The normalized spacial score (nSPS) is 15.1. The number of sulfone groups is 1. The van der Waals surface area contributed by atoms with E-state index in [1.54, 1.807) is 43.5 Å². The minimum Gasteiger partial charge on any atom is -0.466 e. The number of likely N-dealkylation sites (tertiary alicyclic amines) is 1. The number of aromatic amines is 1. The average molecular weight is 558 g/mol. The zero-order chi connectivity index (χ0) is 27.7. The molecule has 0 radical (unpaired) electrons. The summed E-state index contributed by atoms with van der Waals surface area (Å²) in [6, 6.07) is 20.6. The third-order valence-electron chi connectivity index (χ3n) is 7.47. The fraction of sp³-hybridized carbons (Fsp3) is 0.300. The van der Waals surface area contributed by atoms with E-state index in [0.717, 1.165) is 37.9 Å². The van der Waals surface area contributed by atoms with E-state index in [4.69, 9.17) is 9.72 Å². The topological polar surface area (TPSA) is 110 Å². The molecule has 0 unspecified atom stereocenters. The zero-order valence-corrected chi connectivity index (χ0v) is 23.1. The number of ether oxygens (including phenoxy) is 1. The number of carbonyl (C=O) groups is 1. The SMILES string of the molecule is CCOC(=O)Cc1nc2c(S(=O)(=O)c3ccccc3)nc3[nH]ccc3c2n1C1CCN(Cc2ccccc2)CC1. The standard InChI is InChI=1S/C30H31N5O4S/c1-2-39-26(36)19-25-32-27-28(35(25)22-14-17-34(18-15-22)20-21-9-5-3-6-10-21)24-13-16-31-29(24)33-30(27)40(37,38)23-11-7-4-8-12-23/h3-13,16,22H,2,14-15,17-20H2,1H3,(H,31,33). The Bertz CT molecular complexity index is 1760. The Morgan fingerprint density at radius 3 is 2.40 bits per heavy atom. The number of carbonyl (C=O) groups excluding carboxylic acids is 1. The van der Waals surface area contributed by atoms with Crippen molar-refractivity contribution in [3.8, 4) is 0 Å². The first-order chi connectivity index (χ1) is 19.5. The third kappa shape index (κ3) is 4.89. The second-order valence-corrected chi connectivity index (χ2v) is 11.9. The van der Waals surface area contributed by atoms with Gasteiger partial charge in [0.2, 0.25) is 9.84 Å². The van der Waals surface area contributed by atoms with Gasteiger partial charge in [-0.2, -0.15) is 0 Å². The molecule has 1 saturated heterocycles. The van der Waals surface area contributed by atoms with Crippen LogP contribution in [0, 0.1) is 0 Å². The molecule has 0 spiro atoms. The number of fused-ring (bicyclic) bond motifs is 3. The van der Waals surface area contributed by atoms with Gasteiger partial charge in [-0.3, -0.25) is 9.69 Å². The maximum Gasteiger partial charge on any atom is 0.313 e. The van der Waals surface area contributed by atoms with Gasteiger partial charge in [-0.15, -0.1) is 0 Å². The van der Waals surface area contributed by atoms with Crippen molar-refractivity contribution in [1.82, 2.24) is 24.4 Å². The van der Waals surface area contributed by atoms with Crippen LogP contribution in [0.25, 0.3) is 22.1 Å². The van der Waals surface area contributed by atoms with E-state index in [2.05, 4.69) is 43.7 Å². The highest BCUT2D eigenvalue weighted by Gasteiger charge is 2.32. The lowest BCUT2D eigenvalue weighted by molar-refractivity contribution is -0.142. The highest BCUT2D eigenvalue weighted by atomic mass is 32.2. The van der Waals surface area contributed by atoms with Crippen molar-refractivity contribution in [2.45, 2.75) is 48.7 Å². The first-order valence-corrected chi connectivity index (χ1v) is 15.0. The second kappa shape index (κ2) is 10.9. The molecule has 1 aliphatic heterocycles. The molecular formula is C30H31N5O4S. The zero-order valence-electron chi connectivity index (χ0n) is 22.3. The van der Waals surface area contributed by atoms with Crippen LogP contribution in [0.3, 0.4) is 0 Å². The number of aromatic nitrogens is 4. The Balaban J connectivity index is 1.46. The van der Waals surface area contributed by atoms with Crippen molar-refractivity contribution >= 4 is 37.9 Å². The number of pyridine rings is 1. The van der Waals surface area contributed by atoms with Gasteiger partial charge in [0.25, 0.3) is 0 Å². The molecule has 1 fully saturated rings. The Morgan fingerprint density at radius 2 is 1.70 bits per heavy atom. The number of benzene rings is 2. The second-order valence-electron chi connectivity index (χ2n) is 10.0. The molecule has 1 aliphatic rings. The lowest BCUT2D eigenvalue weighted by Gasteiger charge is -2.33. The van der Waals surface area contributed by atoms with Crippen LogP contribution in [0.4, 0.5) is 0 Å². The molecule has 3 aromatic heterocycles. The van der Waals surface area contributed by atoms with Gasteiger partial charge in [0.1, 0.15) is 23.4 Å². The Kier molecular flexibility index (Phi) is 7.12. The number of nitrogens with zero attached hydrogens (tertiary/aromatic N) is 4. The molecule has 10 heteroatoms. The lowest BCUT2D eigenvalue weighted by atomic mass is 10.0. The molecule has 5 aromatic rings. The minimum atomic E-state index is -3.98. The average Bonchev–Trinajstić information content (AvgIpc) is 3.58. The Hall–Kier alpha value is -4.02. The minimum absolute atomic E-state index is 0.0363.